The normalized spacial score (nSPS) is 9.93. The monoisotopic (exact) mass is 256 g/mol. The van der Waals surface area contributed by atoms with Crippen LogP contribution in [0.3, 0.4) is 0 Å². The molecule has 2 nitrogen and oxygen atoms in total. The summed E-state index contributed by atoms with van der Waals surface area (Å²) in [6.45, 7) is 4.15. The van der Waals surface area contributed by atoms with Crippen molar-refractivity contribution in [2.75, 3.05) is 6.61 Å². The lowest BCUT2D eigenvalue weighted by atomic mass is 10.1. The molecular weight excluding hydrogens is 244 g/mol. The standard InChI is InChI=1S/C11H13BrO2/c1-3-14-11-7-9(6-8(2)13)4-5-10(11)12/h4-5,7H,3,6H2,1-2H3. The molecule has 0 unspecified atom stereocenters. The summed E-state index contributed by atoms with van der Waals surface area (Å²) in [5.41, 5.74) is 0.990. The van der Waals surface area contributed by atoms with Crippen molar-refractivity contribution in [1.82, 2.24) is 0 Å². The highest BCUT2D eigenvalue weighted by atomic mass is 79.9. The van der Waals surface area contributed by atoms with Crippen molar-refractivity contribution in [1.29, 1.82) is 0 Å². The van der Waals surface area contributed by atoms with E-state index in [1.807, 2.05) is 25.1 Å². The Bertz CT molecular complexity index is 334. The lowest BCUT2D eigenvalue weighted by Gasteiger charge is -2.07. The summed E-state index contributed by atoms with van der Waals surface area (Å²) in [6.07, 6.45) is 0.466. The fourth-order valence-corrected chi connectivity index (χ4v) is 1.57. The highest BCUT2D eigenvalue weighted by molar-refractivity contribution is 9.10. The average Bonchev–Trinajstić information content (AvgIpc) is 2.10. The Morgan fingerprint density at radius 1 is 1.50 bits per heavy atom. The summed E-state index contributed by atoms with van der Waals surface area (Å²) in [5, 5.41) is 0. The molecule has 0 N–H and O–H groups in total. The van der Waals surface area contributed by atoms with Crippen LogP contribution in [-0.2, 0) is 11.2 Å². The van der Waals surface area contributed by atoms with E-state index in [9.17, 15) is 4.79 Å². The molecule has 1 aromatic rings. The highest BCUT2D eigenvalue weighted by Crippen LogP contribution is 2.26. The molecule has 0 aliphatic heterocycles. The van der Waals surface area contributed by atoms with Gasteiger partial charge in [-0.05, 0) is 47.5 Å². The largest absolute Gasteiger partial charge is 0.493 e. The van der Waals surface area contributed by atoms with E-state index in [0.29, 0.717) is 13.0 Å². The lowest BCUT2D eigenvalue weighted by Crippen LogP contribution is -1.98. The van der Waals surface area contributed by atoms with E-state index in [1.165, 1.54) is 0 Å². The number of ketones is 1. The molecule has 1 rings (SSSR count). The van der Waals surface area contributed by atoms with E-state index in [-0.39, 0.29) is 5.78 Å². The van der Waals surface area contributed by atoms with Crippen LogP contribution < -0.4 is 4.74 Å². The van der Waals surface area contributed by atoms with E-state index < -0.39 is 0 Å². The first-order valence-electron chi connectivity index (χ1n) is 4.54. The number of hydrogen-bond acceptors (Lipinski definition) is 2. The zero-order valence-corrected chi connectivity index (χ0v) is 9.93. The van der Waals surface area contributed by atoms with Crippen LogP contribution in [0.4, 0.5) is 0 Å². The quantitative estimate of drug-likeness (QED) is 0.828. The SMILES string of the molecule is CCOc1cc(CC(C)=O)ccc1Br. The number of hydrogen-bond donors (Lipinski definition) is 0. The van der Waals surface area contributed by atoms with Crippen molar-refractivity contribution in [2.24, 2.45) is 0 Å². The van der Waals surface area contributed by atoms with Gasteiger partial charge in [0.05, 0.1) is 11.1 Å². The summed E-state index contributed by atoms with van der Waals surface area (Å²) in [5.74, 6) is 0.959. The molecule has 76 valence electrons. The fourth-order valence-electron chi connectivity index (χ4n) is 1.21. The molecule has 0 radical (unpaired) electrons. The van der Waals surface area contributed by atoms with Crippen LogP contribution >= 0.6 is 15.9 Å². The number of ether oxygens (including phenoxy) is 1. The fraction of sp³-hybridized carbons (Fsp3) is 0.364. The van der Waals surface area contributed by atoms with E-state index in [0.717, 1.165) is 15.8 Å². The predicted octanol–water partition coefficient (Wildman–Crippen LogP) is 2.98. The summed E-state index contributed by atoms with van der Waals surface area (Å²) in [4.78, 5) is 10.9. The molecule has 0 spiro atoms. The molecule has 0 atom stereocenters. The molecule has 0 heterocycles. The molecule has 0 aromatic heterocycles. The van der Waals surface area contributed by atoms with Gasteiger partial charge in [0.2, 0.25) is 0 Å². The number of benzene rings is 1. The van der Waals surface area contributed by atoms with Gasteiger partial charge < -0.3 is 4.74 Å². The van der Waals surface area contributed by atoms with Gasteiger partial charge in [0.1, 0.15) is 11.5 Å². The Labute approximate surface area is 92.4 Å². The Kier molecular flexibility index (Phi) is 4.14. The second-order valence-corrected chi connectivity index (χ2v) is 3.93. The molecule has 0 aliphatic rings. The average molecular weight is 257 g/mol. The third-order valence-corrected chi connectivity index (χ3v) is 2.40. The highest BCUT2D eigenvalue weighted by Gasteiger charge is 2.03. The molecular formula is C11H13BrO2. The minimum Gasteiger partial charge on any atom is -0.493 e. The number of carbonyl (C=O) groups excluding carboxylic acids is 1. The Balaban J connectivity index is 2.88. The first-order chi connectivity index (χ1) is 6.63. The Morgan fingerprint density at radius 3 is 2.79 bits per heavy atom. The van der Waals surface area contributed by atoms with E-state index in [2.05, 4.69) is 15.9 Å². The number of carbonyl (C=O) groups is 1. The third kappa shape index (κ3) is 3.14. The van der Waals surface area contributed by atoms with Gasteiger partial charge >= 0.3 is 0 Å². The van der Waals surface area contributed by atoms with E-state index >= 15 is 0 Å². The van der Waals surface area contributed by atoms with Gasteiger partial charge in [-0.25, -0.2) is 0 Å². The van der Waals surface area contributed by atoms with E-state index in [1.54, 1.807) is 6.92 Å². The van der Waals surface area contributed by atoms with Crippen LogP contribution in [0.2, 0.25) is 0 Å². The van der Waals surface area contributed by atoms with Gasteiger partial charge in [0.25, 0.3) is 0 Å². The molecule has 0 aliphatic carbocycles. The molecule has 14 heavy (non-hydrogen) atoms. The van der Waals surface area contributed by atoms with Crippen molar-refractivity contribution in [3.05, 3.63) is 28.2 Å². The van der Waals surface area contributed by atoms with Gasteiger partial charge in [-0.2, -0.15) is 0 Å². The molecule has 3 heteroatoms. The summed E-state index contributed by atoms with van der Waals surface area (Å²) >= 11 is 3.39. The van der Waals surface area contributed by atoms with Crippen molar-refractivity contribution < 1.29 is 9.53 Å². The third-order valence-electron chi connectivity index (χ3n) is 1.75. The first kappa shape index (κ1) is 11.2. The Morgan fingerprint density at radius 2 is 2.21 bits per heavy atom. The molecule has 1 aromatic carbocycles. The van der Waals surface area contributed by atoms with Crippen LogP contribution in [0, 0.1) is 0 Å². The smallest absolute Gasteiger partial charge is 0.134 e. The maximum absolute atomic E-state index is 10.9. The Hall–Kier alpha value is -0.830. The van der Waals surface area contributed by atoms with E-state index in [4.69, 9.17) is 4.74 Å². The lowest BCUT2D eigenvalue weighted by molar-refractivity contribution is -0.116. The van der Waals surface area contributed by atoms with Crippen molar-refractivity contribution in [2.45, 2.75) is 20.3 Å². The second kappa shape index (κ2) is 5.15. The molecule has 0 bridgehead atoms. The van der Waals surface area contributed by atoms with Crippen LogP contribution in [0.1, 0.15) is 19.4 Å². The molecule has 0 saturated carbocycles. The van der Waals surface area contributed by atoms with Gasteiger partial charge in [0, 0.05) is 6.42 Å². The number of Topliss-reactive ketones (excluding diaryl/α,β-unsaturated/α-hetero) is 1. The van der Waals surface area contributed by atoms with Crippen molar-refractivity contribution in [3.63, 3.8) is 0 Å². The molecule has 0 amide bonds. The van der Waals surface area contributed by atoms with Crippen LogP contribution in [-0.4, -0.2) is 12.4 Å². The minimum absolute atomic E-state index is 0.162. The first-order valence-corrected chi connectivity index (χ1v) is 5.33. The van der Waals surface area contributed by atoms with Crippen molar-refractivity contribution >= 4 is 21.7 Å². The van der Waals surface area contributed by atoms with Crippen LogP contribution in [0.25, 0.3) is 0 Å². The molecule has 0 fully saturated rings. The summed E-state index contributed by atoms with van der Waals surface area (Å²) in [6, 6.07) is 5.73. The second-order valence-electron chi connectivity index (χ2n) is 3.08. The minimum atomic E-state index is 0.162. The van der Waals surface area contributed by atoms with Gasteiger partial charge in [-0.3, -0.25) is 4.79 Å². The maximum atomic E-state index is 10.9. The topological polar surface area (TPSA) is 26.3 Å². The van der Waals surface area contributed by atoms with Crippen molar-refractivity contribution in [3.8, 4) is 5.75 Å². The number of halogens is 1. The maximum Gasteiger partial charge on any atom is 0.134 e. The molecule has 0 saturated heterocycles. The van der Waals surface area contributed by atoms with Gasteiger partial charge in [-0.15, -0.1) is 0 Å². The zero-order chi connectivity index (χ0) is 10.6. The number of rotatable bonds is 4. The van der Waals surface area contributed by atoms with Gasteiger partial charge in [-0.1, -0.05) is 6.07 Å². The predicted molar refractivity (Wildman–Crippen MR) is 59.7 cm³/mol. The summed E-state index contributed by atoms with van der Waals surface area (Å²) < 4.78 is 6.32. The van der Waals surface area contributed by atoms with Crippen LogP contribution in [0.5, 0.6) is 5.75 Å². The zero-order valence-electron chi connectivity index (χ0n) is 8.34. The summed E-state index contributed by atoms with van der Waals surface area (Å²) in [7, 11) is 0. The van der Waals surface area contributed by atoms with Gasteiger partial charge in [0.15, 0.2) is 0 Å². The van der Waals surface area contributed by atoms with Crippen LogP contribution in [0.15, 0.2) is 22.7 Å².